The Labute approximate surface area is 113 Å². The van der Waals surface area contributed by atoms with Crippen LogP contribution in [0.5, 0.6) is 11.5 Å². The summed E-state index contributed by atoms with van der Waals surface area (Å²) in [5.74, 6) is 1.55. The van der Waals surface area contributed by atoms with Crippen LogP contribution in [-0.2, 0) is 4.79 Å². The first-order valence-corrected chi connectivity index (χ1v) is 6.59. The van der Waals surface area contributed by atoms with Crippen molar-refractivity contribution < 1.29 is 14.3 Å². The van der Waals surface area contributed by atoms with E-state index in [9.17, 15) is 4.79 Å². The Hall–Kier alpha value is -1.75. The van der Waals surface area contributed by atoms with E-state index >= 15 is 0 Å². The molecule has 0 bridgehead atoms. The van der Waals surface area contributed by atoms with Gasteiger partial charge in [-0.1, -0.05) is 6.07 Å². The normalized spacial score (nSPS) is 14.2. The summed E-state index contributed by atoms with van der Waals surface area (Å²) >= 11 is 0. The van der Waals surface area contributed by atoms with Crippen molar-refractivity contribution in [1.82, 2.24) is 5.32 Å². The first-order valence-electron chi connectivity index (χ1n) is 6.59. The fraction of sp³-hybridized carbons (Fsp3) is 0.500. The molecule has 0 fully saturated rings. The average molecular weight is 264 g/mol. The Kier molecular flexibility index (Phi) is 4.63. The van der Waals surface area contributed by atoms with Crippen molar-refractivity contribution in [2.45, 2.75) is 32.2 Å². The lowest BCUT2D eigenvalue weighted by Gasteiger charge is -2.14. The minimum Gasteiger partial charge on any atom is -0.454 e. The summed E-state index contributed by atoms with van der Waals surface area (Å²) in [4.78, 5) is 11.7. The van der Waals surface area contributed by atoms with Crippen molar-refractivity contribution in [3.63, 3.8) is 0 Å². The number of nitrogens with two attached hydrogens (primary N) is 1. The van der Waals surface area contributed by atoms with E-state index in [1.807, 2.05) is 25.1 Å². The van der Waals surface area contributed by atoms with Gasteiger partial charge >= 0.3 is 0 Å². The van der Waals surface area contributed by atoms with Crippen LogP contribution in [0.25, 0.3) is 0 Å². The number of fused-ring (bicyclic) bond motifs is 1. The Balaban J connectivity index is 1.89. The van der Waals surface area contributed by atoms with Gasteiger partial charge in [0.25, 0.3) is 0 Å². The maximum atomic E-state index is 11.7. The third kappa shape index (κ3) is 3.61. The summed E-state index contributed by atoms with van der Waals surface area (Å²) in [6, 6.07) is 5.68. The van der Waals surface area contributed by atoms with Gasteiger partial charge in [-0.05, 0) is 44.0 Å². The number of rotatable bonds is 6. The Morgan fingerprint density at radius 2 is 2.16 bits per heavy atom. The second kappa shape index (κ2) is 6.43. The van der Waals surface area contributed by atoms with Crippen molar-refractivity contribution in [1.29, 1.82) is 0 Å². The first kappa shape index (κ1) is 13.7. The Bertz CT molecular complexity index is 448. The molecule has 1 heterocycles. The molecule has 0 aliphatic carbocycles. The second-order valence-electron chi connectivity index (χ2n) is 4.65. The molecule has 1 aliphatic heterocycles. The molecule has 0 saturated heterocycles. The molecular formula is C14H20N2O3. The maximum absolute atomic E-state index is 11.7. The minimum absolute atomic E-state index is 0.0418. The van der Waals surface area contributed by atoms with Crippen LogP contribution in [0.1, 0.15) is 37.8 Å². The molecule has 3 N–H and O–H groups in total. The quantitative estimate of drug-likeness (QED) is 0.767. The van der Waals surface area contributed by atoms with Crippen molar-refractivity contribution in [3.8, 4) is 11.5 Å². The molecule has 0 saturated carbocycles. The molecular weight excluding hydrogens is 244 g/mol. The van der Waals surface area contributed by atoms with Gasteiger partial charge in [-0.2, -0.15) is 0 Å². The number of unbranched alkanes of at least 4 members (excludes halogenated alkanes) is 1. The largest absolute Gasteiger partial charge is 0.454 e. The van der Waals surface area contributed by atoms with Crippen LogP contribution < -0.4 is 20.5 Å². The summed E-state index contributed by atoms with van der Waals surface area (Å²) in [6.07, 6.45) is 2.23. The molecule has 2 rings (SSSR count). The van der Waals surface area contributed by atoms with E-state index in [0.717, 1.165) is 29.9 Å². The van der Waals surface area contributed by atoms with Gasteiger partial charge in [0.2, 0.25) is 12.7 Å². The summed E-state index contributed by atoms with van der Waals surface area (Å²) in [5, 5.41) is 2.97. The van der Waals surface area contributed by atoms with E-state index < -0.39 is 0 Å². The first-order chi connectivity index (χ1) is 9.20. The van der Waals surface area contributed by atoms with Gasteiger partial charge in [-0.25, -0.2) is 0 Å². The zero-order valence-corrected chi connectivity index (χ0v) is 11.1. The molecule has 0 radical (unpaired) electrons. The molecule has 104 valence electrons. The summed E-state index contributed by atoms with van der Waals surface area (Å²) in [5.41, 5.74) is 6.41. The maximum Gasteiger partial charge on any atom is 0.231 e. The van der Waals surface area contributed by atoms with Crippen LogP contribution in [0.4, 0.5) is 0 Å². The molecule has 1 aromatic rings. The molecule has 19 heavy (non-hydrogen) atoms. The van der Waals surface area contributed by atoms with Gasteiger partial charge in [-0.15, -0.1) is 0 Å². The number of ether oxygens (including phenoxy) is 2. The predicted octanol–water partition coefficient (Wildman–Crippen LogP) is 1.72. The van der Waals surface area contributed by atoms with Crippen LogP contribution in [-0.4, -0.2) is 19.2 Å². The number of amides is 1. The number of hydrogen-bond acceptors (Lipinski definition) is 4. The van der Waals surface area contributed by atoms with Gasteiger partial charge in [0.05, 0.1) is 6.04 Å². The zero-order valence-electron chi connectivity index (χ0n) is 11.1. The number of nitrogens with one attached hydrogen (secondary N) is 1. The third-order valence-electron chi connectivity index (χ3n) is 3.13. The van der Waals surface area contributed by atoms with E-state index in [4.69, 9.17) is 15.2 Å². The SMILES string of the molecule is CC(NC(=O)CCCCN)c1ccc2c(c1)OCO2. The standard InChI is InChI=1S/C14H20N2O3/c1-10(16-14(17)4-2-3-7-15)11-5-6-12-13(8-11)19-9-18-12/h5-6,8,10H,2-4,7,9,15H2,1H3,(H,16,17). The number of carbonyl (C=O) groups is 1. The lowest BCUT2D eigenvalue weighted by Crippen LogP contribution is -2.26. The van der Waals surface area contributed by atoms with Crippen LogP contribution >= 0.6 is 0 Å². The van der Waals surface area contributed by atoms with E-state index in [-0.39, 0.29) is 18.7 Å². The fourth-order valence-electron chi connectivity index (χ4n) is 2.01. The summed E-state index contributed by atoms with van der Waals surface area (Å²) in [6.45, 7) is 2.85. The summed E-state index contributed by atoms with van der Waals surface area (Å²) in [7, 11) is 0. The molecule has 0 spiro atoms. The van der Waals surface area contributed by atoms with Crippen LogP contribution in [0, 0.1) is 0 Å². The van der Waals surface area contributed by atoms with Crippen molar-refractivity contribution >= 4 is 5.91 Å². The van der Waals surface area contributed by atoms with E-state index in [2.05, 4.69) is 5.32 Å². The highest BCUT2D eigenvalue weighted by Gasteiger charge is 2.16. The molecule has 1 amide bonds. The molecule has 1 atom stereocenters. The Morgan fingerprint density at radius 1 is 1.37 bits per heavy atom. The van der Waals surface area contributed by atoms with Gasteiger partial charge in [0.15, 0.2) is 11.5 Å². The predicted molar refractivity (Wildman–Crippen MR) is 72.0 cm³/mol. The third-order valence-corrected chi connectivity index (χ3v) is 3.13. The molecule has 5 nitrogen and oxygen atoms in total. The van der Waals surface area contributed by atoms with E-state index in [1.165, 1.54) is 0 Å². The molecule has 1 unspecified atom stereocenters. The van der Waals surface area contributed by atoms with Crippen molar-refractivity contribution in [2.24, 2.45) is 5.73 Å². The Morgan fingerprint density at radius 3 is 2.95 bits per heavy atom. The van der Waals surface area contributed by atoms with Crippen molar-refractivity contribution in [3.05, 3.63) is 23.8 Å². The smallest absolute Gasteiger partial charge is 0.231 e. The minimum atomic E-state index is -0.0418. The number of benzene rings is 1. The molecule has 0 aromatic heterocycles. The highest BCUT2D eigenvalue weighted by atomic mass is 16.7. The topological polar surface area (TPSA) is 73.6 Å². The van der Waals surface area contributed by atoms with Gasteiger partial charge in [-0.3, -0.25) is 4.79 Å². The highest BCUT2D eigenvalue weighted by Crippen LogP contribution is 2.34. The molecule has 1 aromatic carbocycles. The van der Waals surface area contributed by atoms with Crippen LogP contribution in [0.2, 0.25) is 0 Å². The van der Waals surface area contributed by atoms with Crippen LogP contribution in [0.15, 0.2) is 18.2 Å². The average Bonchev–Trinajstić information content (AvgIpc) is 2.86. The molecule has 5 heteroatoms. The van der Waals surface area contributed by atoms with Gasteiger partial charge in [0.1, 0.15) is 0 Å². The zero-order chi connectivity index (χ0) is 13.7. The second-order valence-corrected chi connectivity index (χ2v) is 4.65. The van der Waals surface area contributed by atoms with E-state index in [1.54, 1.807) is 0 Å². The monoisotopic (exact) mass is 264 g/mol. The van der Waals surface area contributed by atoms with E-state index in [0.29, 0.717) is 13.0 Å². The molecule has 1 aliphatic rings. The number of carbonyl (C=O) groups excluding carboxylic acids is 1. The lowest BCUT2D eigenvalue weighted by molar-refractivity contribution is -0.121. The van der Waals surface area contributed by atoms with Crippen LogP contribution in [0.3, 0.4) is 0 Å². The lowest BCUT2D eigenvalue weighted by atomic mass is 10.1. The fourth-order valence-corrected chi connectivity index (χ4v) is 2.01. The highest BCUT2D eigenvalue weighted by molar-refractivity contribution is 5.76. The summed E-state index contributed by atoms with van der Waals surface area (Å²) < 4.78 is 10.6. The van der Waals surface area contributed by atoms with Gasteiger partial charge < -0.3 is 20.5 Å². The van der Waals surface area contributed by atoms with Crippen molar-refractivity contribution in [2.75, 3.05) is 13.3 Å². The number of hydrogen-bond donors (Lipinski definition) is 2. The van der Waals surface area contributed by atoms with Gasteiger partial charge in [0, 0.05) is 6.42 Å².